The maximum atomic E-state index is 11.5. The number of rotatable bonds is 7. The van der Waals surface area contributed by atoms with Gasteiger partial charge in [0.15, 0.2) is 0 Å². The molecule has 3 nitrogen and oxygen atoms in total. The molecule has 0 heterocycles. The first kappa shape index (κ1) is 18.3. The highest BCUT2D eigenvalue weighted by Crippen LogP contribution is 2.32. The first-order chi connectivity index (χ1) is 9.62. The fourth-order valence-corrected chi connectivity index (χ4v) is 4.60. The Morgan fingerprint density at radius 1 is 1.10 bits per heavy atom. The molecule has 0 N–H and O–H groups in total. The zero-order valence-electron chi connectivity index (χ0n) is 13.5. The normalized spacial score (nSPS) is 12.5. The lowest BCUT2D eigenvalue weighted by atomic mass is 9.85. The van der Waals surface area contributed by atoms with Crippen LogP contribution < -0.4 is 4.74 Å². The minimum atomic E-state index is -3.55. The number of hydrogen-bond acceptors (Lipinski definition) is 3. The van der Waals surface area contributed by atoms with E-state index in [1.165, 1.54) is 5.56 Å². The second-order valence-corrected chi connectivity index (χ2v) is 8.68. The molecule has 0 aliphatic rings. The van der Waals surface area contributed by atoms with Crippen molar-refractivity contribution in [1.82, 2.24) is 0 Å². The Balaban J connectivity index is 2.98. The quantitative estimate of drug-likeness (QED) is 0.696. The van der Waals surface area contributed by atoms with Crippen molar-refractivity contribution in [2.75, 3.05) is 12.4 Å². The van der Waals surface area contributed by atoms with Crippen molar-refractivity contribution in [3.05, 3.63) is 28.8 Å². The molecule has 5 heteroatoms. The molecule has 0 spiro atoms. The Bertz CT molecular complexity index is 567. The number of benzene rings is 1. The minimum absolute atomic E-state index is 0.0570. The van der Waals surface area contributed by atoms with Gasteiger partial charge in [0.1, 0.15) is 5.75 Å². The van der Waals surface area contributed by atoms with E-state index in [0.29, 0.717) is 19.4 Å². The first-order valence-corrected chi connectivity index (χ1v) is 9.73. The van der Waals surface area contributed by atoms with Crippen LogP contribution >= 0.6 is 10.7 Å². The Morgan fingerprint density at radius 3 is 1.95 bits per heavy atom. The van der Waals surface area contributed by atoms with Gasteiger partial charge < -0.3 is 4.74 Å². The average Bonchev–Trinajstić information content (AvgIpc) is 2.34. The molecule has 0 saturated heterocycles. The van der Waals surface area contributed by atoms with Crippen LogP contribution in [0.1, 0.15) is 43.4 Å². The highest BCUT2D eigenvalue weighted by atomic mass is 35.7. The summed E-state index contributed by atoms with van der Waals surface area (Å²) in [5.74, 6) is 0.789. The second kappa shape index (κ2) is 7.01. The minimum Gasteiger partial charge on any atom is -0.492 e. The molecule has 0 atom stereocenters. The first-order valence-electron chi connectivity index (χ1n) is 7.25. The third kappa shape index (κ3) is 5.19. The second-order valence-electron chi connectivity index (χ2n) is 5.91. The van der Waals surface area contributed by atoms with Crippen LogP contribution in [0.5, 0.6) is 5.75 Å². The predicted molar refractivity (Wildman–Crippen MR) is 88.8 cm³/mol. The van der Waals surface area contributed by atoms with E-state index in [-0.39, 0.29) is 5.75 Å². The summed E-state index contributed by atoms with van der Waals surface area (Å²) in [6, 6.07) is 4.14. The van der Waals surface area contributed by atoms with E-state index >= 15 is 0 Å². The highest BCUT2D eigenvalue weighted by molar-refractivity contribution is 8.13. The van der Waals surface area contributed by atoms with E-state index in [9.17, 15) is 8.42 Å². The van der Waals surface area contributed by atoms with Crippen LogP contribution in [0.4, 0.5) is 0 Å². The molecule has 1 aromatic carbocycles. The molecule has 0 bridgehead atoms. The van der Waals surface area contributed by atoms with Crippen LogP contribution in [0, 0.1) is 26.2 Å². The van der Waals surface area contributed by atoms with Gasteiger partial charge in [-0.1, -0.05) is 31.5 Å². The van der Waals surface area contributed by atoms with Gasteiger partial charge in [-0.15, -0.1) is 0 Å². The summed E-state index contributed by atoms with van der Waals surface area (Å²) in [5.41, 5.74) is 2.90. The fourth-order valence-electron chi connectivity index (χ4n) is 2.69. The van der Waals surface area contributed by atoms with Crippen LogP contribution in [0.25, 0.3) is 0 Å². The molecule has 0 saturated carbocycles. The Hall–Kier alpha value is -0.740. The van der Waals surface area contributed by atoms with Gasteiger partial charge in [0.2, 0.25) is 9.05 Å². The summed E-state index contributed by atoms with van der Waals surface area (Å²) in [4.78, 5) is 0. The van der Waals surface area contributed by atoms with Crippen molar-refractivity contribution in [2.45, 2.75) is 47.5 Å². The largest absolute Gasteiger partial charge is 0.492 e. The van der Waals surface area contributed by atoms with Gasteiger partial charge in [-0.2, -0.15) is 0 Å². The third-order valence-corrected chi connectivity index (χ3v) is 5.39. The van der Waals surface area contributed by atoms with Crippen LogP contribution in [-0.4, -0.2) is 20.8 Å². The van der Waals surface area contributed by atoms with Crippen molar-refractivity contribution in [3.8, 4) is 5.75 Å². The molecular formula is C16H25ClO3S. The molecule has 120 valence electrons. The van der Waals surface area contributed by atoms with Crippen LogP contribution in [-0.2, 0) is 9.05 Å². The monoisotopic (exact) mass is 332 g/mol. The van der Waals surface area contributed by atoms with Gasteiger partial charge in [-0.25, -0.2) is 8.42 Å². The number of hydrogen-bond donors (Lipinski definition) is 0. The van der Waals surface area contributed by atoms with Crippen LogP contribution in [0.15, 0.2) is 12.1 Å². The maximum Gasteiger partial charge on any atom is 0.233 e. The zero-order chi connectivity index (χ0) is 16.3. The molecule has 0 aliphatic carbocycles. The maximum absolute atomic E-state index is 11.5. The molecule has 21 heavy (non-hydrogen) atoms. The topological polar surface area (TPSA) is 43.4 Å². The third-order valence-electron chi connectivity index (χ3n) is 4.11. The summed E-state index contributed by atoms with van der Waals surface area (Å²) < 4.78 is 28.9. The van der Waals surface area contributed by atoms with Crippen molar-refractivity contribution >= 4 is 19.7 Å². The molecule has 0 aliphatic heterocycles. The van der Waals surface area contributed by atoms with Crippen molar-refractivity contribution in [2.24, 2.45) is 5.41 Å². The highest BCUT2D eigenvalue weighted by Gasteiger charge is 2.33. The smallest absolute Gasteiger partial charge is 0.233 e. The Labute approximate surface area is 133 Å². The van der Waals surface area contributed by atoms with Gasteiger partial charge in [0.25, 0.3) is 0 Å². The van der Waals surface area contributed by atoms with Crippen molar-refractivity contribution in [1.29, 1.82) is 0 Å². The number of halogens is 1. The summed E-state index contributed by atoms with van der Waals surface area (Å²) in [6.07, 6.45) is 1.42. The van der Waals surface area contributed by atoms with E-state index in [0.717, 1.165) is 16.9 Å². The van der Waals surface area contributed by atoms with Crippen LogP contribution in [0.3, 0.4) is 0 Å². The summed E-state index contributed by atoms with van der Waals surface area (Å²) in [5, 5.41) is 0. The number of aryl methyl sites for hydroxylation is 3. The van der Waals surface area contributed by atoms with E-state index < -0.39 is 14.5 Å². The average molecular weight is 333 g/mol. The van der Waals surface area contributed by atoms with E-state index in [4.69, 9.17) is 15.4 Å². The SMILES string of the molecule is CCC(CC)(COc1c(C)cc(C)cc1C)CS(=O)(=O)Cl. The van der Waals surface area contributed by atoms with Crippen LogP contribution in [0.2, 0.25) is 0 Å². The van der Waals surface area contributed by atoms with Crippen molar-refractivity contribution < 1.29 is 13.2 Å². The molecule has 0 unspecified atom stereocenters. The molecule has 0 fully saturated rings. The van der Waals surface area contributed by atoms with E-state index in [1.54, 1.807) is 0 Å². The Morgan fingerprint density at radius 2 is 1.57 bits per heavy atom. The zero-order valence-corrected chi connectivity index (χ0v) is 15.1. The molecule has 0 radical (unpaired) electrons. The molecule has 0 amide bonds. The van der Waals surface area contributed by atoms with Gasteiger partial charge in [0, 0.05) is 16.1 Å². The van der Waals surface area contributed by atoms with Gasteiger partial charge in [-0.05, 0) is 44.7 Å². The van der Waals surface area contributed by atoms with Gasteiger partial charge in [-0.3, -0.25) is 0 Å². The summed E-state index contributed by atoms with van der Waals surface area (Å²) in [6.45, 7) is 10.4. The number of ether oxygens (including phenoxy) is 1. The van der Waals surface area contributed by atoms with Crippen molar-refractivity contribution in [3.63, 3.8) is 0 Å². The molecule has 1 rings (SSSR count). The summed E-state index contributed by atoms with van der Waals surface area (Å²) >= 11 is 0. The lowest BCUT2D eigenvalue weighted by Crippen LogP contribution is -2.34. The molecule has 0 aromatic heterocycles. The summed E-state index contributed by atoms with van der Waals surface area (Å²) in [7, 11) is 1.91. The molecule has 1 aromatic rings. The van der Waals surface area contributed by atoms with Gasteiger partial charge in [0.05, 0.1) is 12.4 Å². The Kier molecular flexibility index (Phi) is 6.11. The fraction of sp³-hybridized carbons (Fsp3) is 0.625. The van der Waals surface area contributed by atoms with Gasteiger partial charge >= 0.3 is 0 Å². The van der Waals surface area contributed by atoms with E-state index in [1.807, 2.05) is 34.6 Å². The van der Waals surface area contributed by atoms with E-state index in [2.05, 4.69) is 12.1 Å². The predicted octanol–water partition coefficient (Wildman–Crippen LogP) is 4.37. The lowest BCUT2D eigenvalue weighted by molar-refractivity contribution is 0.153. The standard InChI is InChI=1S/C16H25ClO3S/c1-6-16(7-2,11-21(17,18)19)10-20-15-13(4)8-12(3)9-14(15)5/h8-9H,6-7,10-11H2,1-5H3. The lowest BCUT2D eigenvalue weighted by Gasteiger charge is -2.30. The molecular weight excluding hydrogens is 308 g/mol.